The maximum Gasteiger partial charge on any atom is 0.263 e. The van der Waals surface area contributed by atoms with Gasteiger partial charge >= 0.3 is 0 Å². The van der Waals surface area contributed by atoms with Crippen molar-refractivity contribution in [3.05, 3.63) is 45.4 Å². The number of fused-ring (bicyclic) bond motifs is 1. The van der Waals surface area contributed by atoms with Gasteiger partial charge in [0, 0.05) is 24.8 Å². The molecule has 1 aliphatic rings. The number of thiazole rings is 1. The summed E-state index contributed by atoms with van der Waals surface area (Å²) in [5.41, 5.74) is 3.55. The molecule has 0 saturated heterocycles. The third kappa shape index (κ3) is 3.46. The highest BCUT2D eigenvalue weighted by Crippen LogP contribution is 2.29. The fourth-order valence-corrected chi connectivity index (χ4v) is 4.32. The second kappa shape index (κ2) is 7.34. The average molecular weight is 343 g/mol. The molecule has 0 saturated carbocycles. The number of hydrogen-bond acceptors (Lipinski definition) is 4. The number of para-hydroxylation sites is 1. The number of nitrogens with one attached hydrogen (secondary N) is 1. The van der Waals surface area contributed by atoms with Gasteiger partial charge in [-0.2, -0.15) is 0 Å². The Bertz CT molecular complexity index is 725. The molecule has 0 radical (unpaired) electrons. The van der Waals surface area contributed by atoms with Crippen molar-refractivity contribution in [3.63, 3.8) is 0 Å². The second-order valence-electron chi connectivity index (χ2n) is 6.40. The standard InChI is InChI=1S/C19H25N3OS/c1-4-7-17-21-14(3)18(24-17)19(23)20-12-13(2)22-11-10-15-8-5-6-9-16(15)22/h5-6,8-9,13H,4,7,10-12H2,1-3H3,(H,20,23)/t13-/m0/s1. The van der Waals surface area contributed by atoms with Crippen molar-refractivity contribution in [3.8, 4) is 0 Å². The van der Waals surface area contributed by atoms with Crippen molar-refractivity contribution < 1.29 is 4.79 Å². The summed E-state index contributed by atoms with van der Waals surface area (Å²) in [5, 5.41) is 4.15. The van der Waals surface area contributed by atoms with Crippen LogP contribution in [0, 0.1) is 6.92 Å². The van der Waals surface area contributed by atoms with Gasteiger partial charge in [0.15, 0.2) is 0 Å². The maximum atomic E-state index is 12.5. The smallest absolute Gasteiger partial charge is 0.263 e. The van der Waals surface area contributed by atoms with E-state index >= 15 is 0 Å². The van der Waals surface area contributed by atoms with Crippen LogP contribution in [0.25, 0.3) is 0 Å². The summed E-state index contributed by atoms with van der Waals surface area (Å²) in [6, 6.07) is 8.82. The number of anilines is 1. The first-order chi connectivity index (χ1) is 11.6. The minimum absolute atomic E-state index is 0.00619. The van der Waals surface area contributed by atoms with Crippen LogP contribution in [-0.4, -0.2) is 30.0 Å². The summed E-state index contributed by atoms with van der Waals surface area (Å²) in [7, 11) is 0. The van der Waals surface area contributed by atoms with Crippen LogP contribution in [0.4, 0.5) is 5.69 Å². The lowest BCUT2D eigenvalue weighted by Gasteiger charge is -2.27. The van der Waals surface area contributed by atoms with E-state index < -0.39 is 0 Å². The van der Waals surface area contributed by atoms with Crippen LogP contribution < -0.4 is 10.2 Å². The lowest BCUT2D eigenvalue weighted by molar-refractivity contribution is 0.0955. The van der Waals surface area contributed by atoms with Crippen LogP contribution in [0.3, 0.4) is 0 Å². The Morgan fingerprint density at radius 1 is 1.42 bits per heavy atom. The zero-order valence-corrected chi connectivity index (χ0v) is 15.4. The van der Waals surface area contributed by atoms with Crippen LogP contribution in [0.1, 0.15) is 46.2 Å². The van der Waals surface area contributed by atoms with E-state index in [9.17, 15) is 4.79 Å². The second-order valence-corrected chi connectivity index (χ2v) is 7.49. The van der Waals surface area contributed by atoms with Gasteiger partial charge in [0.05, 0.1) is 10.7 Å². The molecule has 1 N–H and O–H groups in total. The highest BCUT2D eigenvalue weighted by Gasteiger charge is 2.23. The summed E-state index contributed by atoms with van der Waals surface area (Å²) in [6.45, 7) is 7.89. The Hall–Kier alpha value is -1.88. The van der Waals surface area contributed by atoms with Crippen molar-refractivity contribution in [2.45, 2.75) is 46.1 Å². The van der Waals surface area contributed by atoms with Crippen LogP contribution >= 0.6 is 11.3 Å². The van der Waals surface area contributed by atoms with Gasteiger partial charge in [0.2, 0.25) is 0 Å². The summed E-state index contributed by atoms with van der Waals surface area (Å²) in [5.74, 6) is 0.00619. The molecule has 2 heterocycles. The summed E-state index contributed by atoms with van der Waals surface area (Å²) >= 11 is 1.53. The molecule has 1 aliphatic heterocycles. The Kier molecular flexibility index (Phi) is 5.19. The Morgan fingerprint density at radius 2 is 2.21 bits per heavy atom. The molecule has 0 aliphatic carbocycles. The quantitative estimate of drug-likeness (QED) is 0.872. The number of aromatic nitrogens is 1. The van der Waals surface area contributed by atoms with Gasteiger partial charge in [-0.25, -0.2) is 4.98 Å². The zero-order valence-electron chi connectivity index (χ0n) is 14.6. The molecular weight excluding hydrogens is 318 g/mol. The van der Waals surface area contributed by atoms with E-state index in [0.29, 0.717) is 6.54 Å². The van der Waals surface area contributed by atoms with Gasteiger partial charge in [-0.15, -0.1) is 11.3 Å². The molecule has 0 bridgehead atoms. The molecular formula is C19H25N3OS. The fraction of sp³-hybridized carbons (Fsp3) is 0.474. The van der Waals surface area contributed by atoms with Crippen molar-refractivity contribution in [2.75, 3.05) is 18.0 Å². The molecule has 1 aromatic carbocycles. The van der Waals surface area contributed by atoms with Crippen LogP contribution in [-0.2, 0) is 12.8 Å². The lowest BCUT2D eigenvalue weighted by atomic mass is 10.2. The number of aryl methyl sites for hydroxylation is 2. The molecule has 1 aromatic heterocycles. The maximum absolute atomic E-state index is 12.5. The van der Waals surface area contributed by atoms with Crippen molar-refractivity contribution in [1.29, 1.82) is 0 Å². The number of carbonyl (C=O) groups excluding carboxylic acids is 1. The molecule has 4 nitrogen and oxygen atoms in total. The molecule has 2 aromatic rings. The largest absolute Gasteiger partial charge is 0.366 e. The number of rotatable bonds is 6. The van der Waals surface area contributed by atoms with Crippen molar-refractivity contribution >= 4 is 22.9 Å². The minimum atomic E-state index is 0.00619. The van der Waals surface area contributed by atoms with Gasteiger partial charge in [0.25, 0.3) is 5.91 Å². The van der Waals surface area contributed by atoms with E-state index in [1.54, 1.807) is 0 Å². The molecule has 0 unspecified atom stereocenters. The predicted molar refractivity (Wildman–Crippen MR) is 100 cm³/mol. The third-order valence-electron chi connectivity index (χ3n) is 4.52. The van der Waals surface area contributed by atoms with E-state index in [0.717, 1.165) is 41.4 Å². The summed E-state index contributed by atoms with van der Waals surface area (Å²) < 4.78 is 0. The molecule has 128 valence electrons. The Labute approximate surface area is 147 Å². The molecule has 24 heavy (non-hydrogen) atoms. The van der Waals surface area contributed by atoms with Gasteiger partial charge in [0.1, 0.15) is 4.88 Å². The summed E-state index contributed by atoms with van der Waals surface area (Å²) in [4.78, 5) is 20.1. The fourth-order valence-electron chi connectivity index (χ4n) is 3.24. The average Bonchev–Trinajstić information content (AvgIpc) is 3.16. The number of carbonyl (C=O) groups is 1. The molecule has 3 rings (SSSR count). The number of hydrogen-bond donors (Lipinski definition) is 1. The summed E-state index contributed by atoms with van der Waals surface area (Å²) in [6.07, 6.45) is 3.09. The Balaban J connectivity index is 1.60. The minimum Gasteiger partial charge on any atom is -0.366 e. The van der Waals surface area contributed by atoms with Crippen molar-refractivity contribution in [1.82, 2.24) is 10.3 Å². The van der Waals surface area contributed by atoms with Gasteiger partial charge in [-0.3, -0.25) is 4.79 Å². The van der Waals surface area contributed by atoms with E-state index in [-0.39, 0.29) is 11.9 Å². The van der Waals surface area contributed by atoms with Crippen molar-refractivity contribution in [2.24, 2.45) is 0 Å². The van der Waals surface area contributed by atoms with E-state index in [2.05, 4.69) is 53.3 Å². The van der Waals surface area contributed by atoms with Crippen LogP contribution in [0.15, 0.2) is 24.3 Å². The first-order valence-corrected chi connectivity index (χ1v) is 9.50. The van der Waals surface area contributed by atoms with Gasteiger partial charge < -0.3 is 10.2 Å². The van der Waals surface area contributed by atoms with Gasteiger partial charge in [-0.05, 0) is 44.7 Å². The first kappa shape index (κ1) is 17.0. The number of benzene rings is 1. The number of nitrogens with zero attached hydrogens (tertiary/aromatic N) is 2. The van der Waals surface area contributed by atoms with E-state index in [1.807, 2.05) is 6.92 Å². The molecule has 0 fully saturated rings. The molecule has 0 spiro atoms. The highest BCUT2D eigenvalue weighted by molar-refractivity contribution is 7.13. The topological polar surface area (TPSA) is 45.2 Å². The highest BCUT2D eigenvalue weighted by atomic mass is 32.1. The monoisotopic (exact) mass is 343 g/mol. The Morgan fingerprint density at radius 3 is 3.00 bits per heavy atom. The molecule has 1 atom stereocenters. The third-order valence-corrected chi connectivity index (χ3v) is 5.74. The van der Waals surface area contributed by atoms with Crippen LogP contribution in [0.5, 0.6) is 0 Å². The molecule has 1 amide bonds. The van der Waals surface area contributed by atoms with Crippen LogP contribution in [0.2, 0.25) is 0 Å². The lowest BCUT2D eigenvalue weighted by Crippen LogP contribution is -2.41. The first-order valence-electron chi connectivity index (χ1n) is 8.69. The SMILES string of the molecule is CCCc1nc(C)c(C(=O)NC[C@H](C)N2CCc3ccccc32)s1. The molecule has 5 heteroatoms. The van der Waals surface area contributed by atoms with E-state index in [4.69, 9.17) is 0 Å². The zero-order chi connectivity index (χ0) is 17.1. The number of amides is 1. The normalized spacial score (nSPS) is 14.5. The van der Waals surface area contributed by atoms with E-state index in [1.165, 1.54) is 22.6 Å². The van der Waals surface area contributed by atoms with Gasteiger partial charge in [-0.1, -0.05) is 25.1 Å². The predicted octanol–water partition coefficient (Wildman–Crippen LogP) is 3.59.